The Bertz CT molecular complexity index is 478. The van der Waals surface area contributed by atoms with Crippen LogP contribution in [0.5, 0.6) is 0 Å². The van der Waals surface area contributed by atoms with Crippen LogP contribution in [0.25, 0.3) is 0 Å². The second-order valence-corrected chi connectivity index (χ2v) is 6.37. The van der Waals surface area contributed by atoms with E-state index in [-0.39, 0.29) is 11.4 Å². The third kappa shape index (κ3) is 5.57. The normalized spacial score (nSPS) is 16.3. The van der Waals surface area contributed by atoms with Crippen LogP contribution in [0.4, 0.5) is 5.82 Å². The van der Waals surface area contributed by atoms with Crippen molar-refractivity contribution in [2.75, 3.05) is 44.7 Å². The maximum atomic E-state index is 12.0. The Morgan fingerprint density at radius 1 is 1.27 bits per heavy atom. The van der Waals surface area contributed by atoms with Crippen molar-refractivity contribution in [2.45, 2.75) is 26.3 Å². The van der Waals surface area contributed by atoms with Crippen molar-refractivity contribution < 1.29 is 9.53 Å². The lowest BCUT2D eigenvalue weighted by atomic mass is 10.1. The topological polar surface area (TPSA) is 79.4 Å². The highest BCUT2D eigenvalue weighted by atomic mass is 16.5. The van der Waals surface area contributed by atoms with Gasteiger partial charge >= 0.3 is 0 Å². The number of aromatic nitrogens is 2. The highest BCUT2D eigenvalue weighted by molar-refractivity contribution is 5.91. The summed E-state index contributed by atoms with van der Waals surface area (Å²) < 4.78 is 5.29. The molecule has 0 radical (unpaired) electrons. The van der Waals surface area contributed by atoms with Gasteiger partial charge in [0.15, 0.2) is 0 Å². The van der Waals surface area contributed by atoms with Crippen LogP contribution in [0.2, 0.25) is 0 Å². The number of carbonyl (C=O) groups is 1. The number of ether oxygens (including phenoxy) is 1. The Kier molecular flexibility index (Phi) is 5.68. The molecule has 1 fully saturated rings. The van der Waals surface area contributed by atoms with Crippen LogP contribution in [0.3, 0.4) is 0 Å². The number of nitrogens with one attached hydrogen (secondary N) is 2. The van der Waals surface area contributed by atoms with E-state index in [2.05, 4.69) is 25.5 Å². The van der Waals surface area contributed by atoms with E-state index in [0.29, 0.717) is 18.1 Å². The zero-order chi connectivity index (χ0) is 16.0. The van der Waals surface area contributed by atoms with Gasteiger partial charge in [0, 0.05) is 31.7 Å². The van der Waals surface area contributed by atoms with E-state index in [1.165, 1.54) is 6.20 Å². The summed E-state index contributed by atoms with van der Waals surface area (Å²) >= 11 is 0. The van der Waals surface area contributed by atoms with Crippen LogP contribution in [0, 0.1) is 0 Å². The third-order valence-electron chi connectivity index (χ3n) is 3.20. The van der Waals surface area contributed by atoms with Gasteiger partial charge in [-0.3, -0.25) is 9.69 Å². The van der Waals surface area contributed by atoms with Crippen molar-refractivity contribution in [3.05, 3.63) is 18.1 Å². The fraction of sp³-hybridized carbons (Fsp3) is 0.667. The Hall–Kier alpha value is -1.73. The molecule has 0 bridgehead atoms. The lowest BCUT2D eigenvalue weighted by Gasteiger charge is -2.26. The molecule has 1 aromatic heterocycles. The summed E-state index contributed by atoms with van der Waals surface area (Å²) in [7, 11) is 0. The van der Waals surface area contributed by atoms with Crippen molar-refractivity contribution >= 4 is 11.7 Å². The number of rotatable bonds is 5. The number of hydrogen-bond acceptors (Lipinski definition) is 6. The minimum Gasteiger partial charge on any atom is -0.379 e. The lowest BCUT2D eigenvalue weighted by molar-refractivity contribution is 0.0383. The standard InChI is InChI=1S/C15H25N5O2/c1-15(2,3)19-13-11-17-12(10-18-13)14(21)16-4-5-20-6-8-22-9-7-20/h10-11H,4-9H2,1-3H3,(H,16,21)(H,18,19). The summed E-state index contributed by atoms with van der Waals surface area (Å²) in [6, 6.07) is 0. The van der Waals surface area contributed by atoms with Gasteiger partial charge in [-0.05, 0) is 20.8 Å². The zero-order valence-corrected chi connectivity index (χ0v) is 13.6. The first-order valence-corrected chi connectivity index (χ1v) is 7.62. The molecular formula is C15H25N5O2. The second kappa shape index (κ2) is 7.51. The van der Waals surface area contributed by atoms with Crippen LogP contribution in [-0.2, 0) is 4.74 Å². The van der Waals surface area contributed by atoms with Gasteiger partial charge in [-0.1, -0.05) is 0 Å². The molecule has 2 heterocycles. The predicted octanol–water partition coefficient (Wildman–Crippen LogP) is 0.749. The van der Waals surface area contributed by atoms with E-state index in [9.17, 15) is 4.79 Å². The van der Waals surface area contributed by atoms with Gasteiger partial charge in [-0.25, -0.2) is 9.97 Å². The van der Waals surface area contributed by atoms with Crippen molar-refractivity contribution in [1.82, 2.24) is 20.2 Å². The number of anilines is 1. The smallest absolute Gasteiger partial charge is 0.271 e. The molecule has 0 unspecified atom stereocenters. The van der Waals surface area contributed by atoms with Crippen LogP contribution < -0.4 is 10.6 Å². The summed E-state index contributed by atoms with van der Waals surface area (Å²) in [6.45, 7) is 10.9. The molecule has 0 saturated carbocycles. The highest BCUT2D eigenvalue weighted by Gasteiger charge is 2.13. The Labute approximate surface area is 131 Å². The summed E-state index contributed by atoms with van der Waals surface area (Å²) in [5, 5.41) is 6.08. The number of nitrogens with zero attached hydrogens (tertiary/aromatic N) is 3. The third-order valence-corrected chi connectivity index (χ3v) is 3.20. The summed E-state index contributed by atoms with van der Waals surface area (Å²) in [4.78, 5) is 22.7. The first kappa shape index (κ1) is 16.6. The van der Waals surface area contributed by atoms with Crippen molar-refractivity contribution in [3.63, 3.8) is 0 Å². The molecule has 0 aromatic carbocycles. The quantitative estimate of drug-likeness (QED) is 0.836. The van der Waals surface area contributed by atoms with E-state index in [0.717, 1.165) is 32.8 Å². The Morgan fingerprint density at radius 2 is 2.00 bits per heavy atom. The van der Waals surface area contributed by atoms with Gasteiger partial charge in [-0.15, -0.1) is 0 Å². The van der Waals surface area contributed by atoms with Gasteiger partial charge in [0.25, 0.3) is 5.91 Å². The zero-order valence-electron chi connectivity index (χ0n) is 13.6. The molecule has 1 amide bonds. The summed E-state index contributed by atoms with van der Waals surface area (Å²) in [5.74, 6) is 0.473. The largest absolute Gasteiger partial charge is 0.379 e. The average Bonchev–Trinajstić information content (AvgIpc) is 2.47. The van der Waals surface area contributed by atoms with E-state index >= 15 is 0 Å². The molecule has 2 rings (SSSR count). The first-order valence-electron chi connectivity index (χ1n) is 7.62. The molecule has 1 aliphatic heterocycles. The molecule has 0 aliphatic carbocycles. The van der Waals surface area contributed by atoms with E-state index < -0.39 is 0 Å². The average molecular weight is 307 g/mol. The summed E-state index contributed by atoms with van der Waals surface area (Å²) in [5.41, 5.74) is 0.248. The molecule has 122 valence electrons. The molecule has 22 heavy (non-hydrogen) atoms. The number of carbonyl (C=O) groups excluding carboxylic acids is 1. The maximum absolute atomic E-state index is 12.0. The van der Waals surface area contributed by atoms with Gasteiger partial charge < -0.3 is 15.4 Å². The molecule has 0 atom stereocenters. The van der Waals surface area contributed by atoms with E-state index in [1.807, 2.05) is 20.8 Å². The molecule has 7 nitrogen and oxygen atoms in total. The Morgan fingerprint density at radius 3 is 2.59 bits per heavy atom. The SMILES string of the molecule is CC(C)(C)Nc1cnc(C(=O)NCCN2CCOCC2)cn1. The van der Waals surface area contributed by atoms with Gasteiger partial charge in [-0.2, -0.15) is 0 Å². The van der Waals surface area contributed by atoms with E-state index in [4.69, 9.17) is 4.74 Å². The van der Waals surface area contributed by atoms with E-state index in [1.54, 1.807) is 6.20 Å². The minimum absolute atomic E-state index is 0.0867. The van der Waals surface area contributed by atoms with Gasteiger partial charge in [0.1, 0.15) is 11.5 Å². The van der Waals surface area contributed by atoms with Crippen molar-refractivity contribution in [2.24, 2.45) is 0 Å². The Balaban J connectivity index is 1.77. The monoisotopic (exact) mass is 307 g/mol. The predicted molar refractivity (Wildman–Crippen MR) is 85.0 cm³/mol. The van der Waals surface area contributed by atoms with Crippen LogP contribution in [0.15, 0.2) is 12.4 Å². The molecule has 2 N–H and O–H groups in total. The molecule has 0 spiro atoms. The first-order chi connectivity index (χ1) is 10.4. The van der Waals surface area contributed by atoms with Gasteiger partial charge in [0.2, 0.25) is 0 Å². The fourth-order valence-corrected chi connectivity index (χ4v) is 2.14. The molecular weight excluding hydrogens is 282 g/mol. The second-order valence-electron chi connectivity index (χ2n) is 6.37. The number of morpholine rings is 1. The lowest BCUT2D eigenvalue weighted by Crippen LogP contribution is -2.41. The fourth-order valence-electron chi connectivity index (χ4n) is 2.14. The van der Waals surface area contributed by atoms with Crippen molar-refractivity contribution in [3.8, 4) is 0 Å². The summed E-state index contributed by atoms with van der Waals surface area (Å²) in [6.07, 6.45) is 3.08. The molecule has 1 aromatic rings. The van der Waals surface area contributed by atoms with Crippen LogP contribution in [0.1, 0.15) is 31.3 Å². The van der Waals surface area contributed by atoms with Gasteiger partial charge in [0.05, 0.1) is 25.6 Å². The highest BCUT2D eigenvalue weighted by Crippen LogP contribution is 2.10. The van der Waals surface area contributed by atoms with Crippen LogP contribution in [-0.4, -0.2) is 65.7 Å². The number of amides is 1. The number of hydrogen-bond donors (Lipinski definition) is 2. The molecule has 7 heteroatoms. The minimum atomic E-state index is -0.192. The molecule has 1 saturated heterocycles. The van der Waals surface area contributed by atoms with Crippen molar-refractivity contribution in [1.29, 1.82) is 0 Å². The van der Waals surface area contributed by atoms with Crippen LogP contribution >= 0.6 is 0 Å². The maximum Gasteiger partial charge on any atom is 0.271 e. The molecule has 1 aliphatic rings.